The van der Waals surface area contributed by atoms with E-state index in [1.807, 2.05) is 30.7 Å². The molecule has 6 nitrogen and oxygen atoms in total. The fourth-order valence-electron chi connectivity index (χ4n) is 2.70. The van der Waals surface area contributed by atoms with E-state index in [1.165, 1.54) is 0 Å². The Morgan fingerprint density at radius 3 is 2.90 bits per heavy atom. The number of thiophene rings is 1. The van der Waals surface area contributed by atoms with Crippen LogP contribution in [0.4, 0.5) is 0 Å². The molecule has 20 heavy (non-hydrogen) atoms. The van der Waals surface area contributed by atoms with Crippen LogP contribution in [0, 0.1) is 0 Å². The van der Waals surface area contributed by atoms with E-state index in [2.05, 4.69) is 10.0 Å². The molecule has 1 saturated heterocycles. The Morgan fingerprint density at radius 2 is 2.25 bits per heavy atom. The van der Waals surface area contributed by atoms with Crippen molar-refractivity contribution in [3.63, 3.8) is 0 Å². The van der Waals surface area contributed by atoms with E-state index in [0.29, 0.717) is 0 Å². The lowest BCUT2D eigenvalue weighted by molar-refractivity contribution is -0.152. The normalized spacial score (nSPS) is 35.0. The maximum absolute atomic E-state index is 10.3. The summed E-state index contributed by atoms with van der Waals surface area (Å²) in [6, 6.07) is 1.33. The summed E-state index contributed by atoms with van der Waals surface area (Å²) in [7, 11) is 0. The lowest BCUT2D eigenvalue weighted by Crippen LogP contribution is -2.45. The van der Waals surface area contributed by atoms with Crippen LogP contribution >= 0.6 is 11.3 Å². The van der Waals surface area contributed by atoms with Crippen LogP contribution in [-0.4, -0.2) is 35.2 Å². The lowest BCUT2D eigenvalue weighted by Gasteiger charge is -2.31. The van der Waals surface area contributed by atoms with Gasteiger partial charge in [-0.15, -0.1) is 0 Å². The van der Waals surface area contributed by atoms with Crippen molar-refractivity contribution in [1.82, 2.24) is 0 Å². The molecule has 1 fully saturated rings. The number of azide groups is 1. The smallest absolute Gasteiger partial charge is 0.164 e. The first kappa shape index (κ1) is 13.6. The molecule has 1 N–H and O–H groups in total. The highest BCUT2D eigenvalue weighted by molar-refractivity contribution is 7.08. The zero-order valence-corrected chi connectivity index (χ0v) is 11.9. The highest BCUT2D eigenvalue weighted by Crippen LogP contribution is 2.42. The van der Waals surface area contributed by atoms with E-state index < -0.39 is 24.0 Å². The molecule has 0 saturated carbocycles. The average molecular weight is 293 g/mol. The van der Waals surface area contributed by atoms with Gasteiger partial charge in [-0.2, -0.15) is 11.3 Å². The van der Waals surface area contributed by atoms with Crippen molar-refractivity contribution in [3.8, 4) is 0 Å². The second kappa shape index (κ2) is 4.87. The van der Waals surface area contributed by atoms with E-state index in [4.69, 9.17) is 15.0 Å². The van der Waals surface area contributed by atoms with E-state index >= 15 is 0 Å². The Labute approximate surface area is 120 Å². The molecule has 1 aliphatic carbocycles. The van der Waals surface area contributed by atoms with Gasteiger partial charge in [0.05, 0.1) is 12.1 Å². The fourth-order valence-corrected chi connectivity index (χ4v) is 3.37. The first-order valence-electron chi connectivity index (χ1n) is 6.34. The molecule has 3 rings (SSSR count). The number of ether oxygens (including phenoxy) is 2. The van der Waals surface area contributed by atoms with Crippen LogP contribution < -0.4 is 0 Å². The maximum atomic E-state index is 10.3. The zero-order chi connectivity index (χ0) is 14.3. The molecule has 4 atom stereocenters. The molecule has 0 amide bonds. The summed E-state index contributed by atoms with van der Waals surface area (Å²) in [6.45, 7) is 3.62. The second-order valence-corrected chi connectivity index (χ2v) is 6.12. The third-order valence-corrected chi connectivity index (χ3v) is 4.20. The predicted molar refractivity (Wildman–Crippen MR) is 75.1 cm³/mol. The van der Waals surface area contributed by atoms with E-state index in [1.54, 1.807) is 17.4 Å². The molecule has 7 heteroatoms. The Balaban J connectivity index is 2.05. The highest BCUT2D eigenvalue weighted by atomic mass is 32.1. The first-order chi connectivity index (χ1) is 9.52. The summed E-state index contributed by atoms with van der Waals surface area (Å²) in [5.41, 5.74) is 10.6. The van der Waals surface area contributed by atoms with Crippen LogP contribution in [0.15, 0.2) is 28.0 Å². The molecular weight excluding hydrogens is 278 g/mol. The number of aliphatic hydroxyl groups is 1. The molecule has 0 radical (unpaired) electrons. The number of nitrogens with zero attached hydrogens (tertiary/aromatic N) is 3. The summed E-state index contributed by atoms with van der Waals surface area (Å²) in [5.74, 6) is -0.767. The van der Waals surface area contributed by atoms with Gasteiger partial charge in [-0.3, -0.25) is 0 Å². The topological polar surface area (TPSA) is 87.5 Å². The van der Waals surface area contributed by atoms with Gasteiger partial charge in [0.2, 0.25) is 0 Å². The average Bonchev–Trinajstić information content (AvgIpc) is 3.00. The quantitative estimate of drug-likeness (QED) is 0.516. The number of rotatable bonds is 2. The molecule has 2 aliphatic rings. The second-order valence-electron chi connectivity index (χ2n) is 5.34. The van der Waals surface area contributed by atoms with Gasteiger partial charge in [-0.1, -0.05) is 11.2 Å². The molecule has 1 aliphatic heterocycles. The van der Waals surface area contributed by atoms with Crippen molar-refractivity contribution in [3.05, 3.63) is 38.9 Å². The predicted octanol–water partition coefficient (Wildman–Crippen LogP) is 2.71. The van der Waals surface area contributed by atoms with Gasteiger partial charge in [0.1, 0.15) is 12.2 Å². The van der Waals surface area contributed by atoms with Crippen LogP contribution in [-0.2, 0) is 9.47 Å². The summed E-state index contributed by atoms with van der Waals surface area (Å²) >= 11 is 1.58. The van der Waals surface area contributed by atoms with Crippen LogP contribution in [0.25, 0.3) is 16.0 Å². The van der Waals surface area contributed by atoms with Gasteiger partial charge >= 0.3 is 0 Å². The van der Waals surface area contributed by atoms with E-state index in [0.717, 1.165) is 11.1 Å². The van der Waals surface area contributed by atoms with Crippen molar-refractivity contribution in [2.24, 2.45) is 5.11 Å². The summed E-state index contributed by atoms with van der Waals surface area (Å²) in [6.07, 6.45) is -0.00143. The summed E-state index contributed by atoms with van der Waals surface area (Å²) < 4.78 is 11.7. The van der Waals surface area contributed by atoms with Crippen molar-refractivity contribution in [1.29, 1.82) is 0 Å². The van der Waals surface area contributed by atoms with Crippen LogP contribution in [0.3, 0.4) is 0 Å². The molecule has 0 aromatic carbocycles. The zero-order valence-electron chi connectivity index (χ0n) is 11.1. The van der Waals surface area contributed by atoms with E-state index in [9.17, 15) is 5.11 Å². The van der Waals surface area contributed by atoms with Gasteiger partial charge in [-0.05, 0) is 47.3 Å². The van der Waals surface area contributed by atoms with Gasteiger partial charge in [-0.25, -0.2) is 0 Å². The van der Waals surface area contributed by atoms with Gasteiger partial charge < -0.3 is 14.6 Å². The maximum Gasteiger partial charge on any atom is 0.164 e. The summed E-state index contributed by atoms with van der Waals surface area (Å²) in [4.78, 5) is 2.80. The lowest BCUT2D eigenvalue weighted by atomic mass is 9.86. The van der Waals surface area contributed by atoms with Crippen LogP contribution in [0.1, 0.15) is 19.4 Å². The third-order valence-electron chi connectivity index (χ3n) is 3.51. The number of aliphatic hydroxyl groups excluding tert-OH is 1. The van der Waals surface area contributed by atoms with E-state index in [-0.39, 0.29) is 6.10 Å². The van der Waals surface area contributed by atoms with Gasteiger partial charge in [0.15, 0.2) is 5.79 Å². The van der Waals surface area contributed by atoms with Crippen molar-refractivity contribution >= 4 is 16.9 Å². The number of hydrogen-bond acceptors (Lipinski definition) is 5. The van der Waals surface area contributed by atoms with Crippen molar-refractivity contribution < 1.29 is 14.6 Å². The van der Waals surface area contributed by atoms with Crippen molar-refractivity contribution in [2.75, 3.05) is 0 Å². The highest BCUT2D eigenvalue weighted by Gasteiger charge is 2.50. The molecule has 0 unspecified atom stereocenters. The minimum absolute atomic E-state index is 0.347. The Morgan fingerprint density at radius 1 is 1.45 bits per heavy atom. The minimum Gasteiger partial charge on any atom is -0.390 e. The first-order valence-corrected chi connectivity index (χ1v) is 7.28. The Bertz CT molecular complexity index is 578. The number of fused-ring (bicyclic) bond motifs is 1. The van der Waals surface area contributed by atoms with Crippen LogP contribution in [0.2, 0.25) is 0 Å². The Kier molecular flexibility index (Phi) is 3.32. The molecule has 0 spiro atoms. The van der Waals surface area contributed by atoms with Crippen molar-refractivity contribution in [2.45, 2.75) is 44.0 Å². The monoisotopic (exact) mass is 293 g/mol. The third kappa shape index (κ3) is 2.24. The molecule has 1 aromatic rings. The van der Waals surface area contributed by atoms with Gasteiger partial charge in [0, 0.05) is 4.91 Å². The Hall–Kier alpha value is -1.37. The largest absolute Gasteiger partial charge is 0.390 e. The standard InChI is InChI=1S/C13H15N3O3S/c1-13(2)18-11-8(7-3-4-20-6-7)5-9(15-16-14)10(17)12(11)19-13/h3-6,9-12,17H,1-2H3/t9-,10+,11+,12-/m0/s1. The van der Waals surface area contributed by atoms with Gasteiger partial charge in [0.25, 0.3) is 0 Å². The minimum atomic E-state index is -0.903. The number of hydrogen-bond donors (Lipinski definition) is 1. The SMILES string of the molecule is CC1(C)O[C@H]2[C@H](O)[C@@H](N=[N+]=[N-])C=C(c3ccsc3)[C@H]2O1. The fraction of sp³-hybridized carbons (Fsp3) is 0.538. The molecule has 1 aromatic heterocycles. The molecular formula is C13H15N3O3S. The molecule has 106 valence electrons. The summed E-state index contributed by atoms with van der Waals surface area (Å²) in [5, 5.41) is 17.9. The van der Waals surface area contributed by atoms with Crippen LogP contribution in [0.5, 0.6) is 0 Å². The molecule has 0 bridgehead atoms. The molecule has 2 heterocycles.